The number of para-hydroxylation sites is 2. The van der Waals surface area contributed by atoms with Crippen LogP contribution in [0.1, 0.15) is 0 Å². The summed E-state index contributed by atoms with van der Waals surface area (Å²) < 4.78 is 13.8. The van der Waals surface area contributed by atoms with Crippen LogP contribution in [0.5, 0.6) is 0 Å². The number of aromatic nitrogens is 4. The Balaban J connectivity index is 1.12. The van der Waals surface area contributed by atoms with E-state index in [0.29, 0.717) is 17.0 Å². The molecular formula is C56H34N4O2. The van der Waals surface area contributed by atoms with E-state index in [4.69, 9.17) is 28.8 Å². The number of furan rings is 2. The van der Waals surface area contributed by atoms with E-state index in [1.807, 2.05) is 97.3 Å². The smallest absolute Gasteiger partial charge is 0.161 e. The minimum absolute atomic E-state index is 0.578. The van der Waals surface area contributed by atoms with Gasteiger partial charge in [-0.2, -0.15) is 0 Å². The van der Waals surface area contributed by atoms with E-state index >= 15 is 0 Å². The number of fused-ring (bicyclic) bond motifs is 6. The van der Waals surface area contributed by atoms with E-state index in [1.54, 1.807) is 0 Å². The first kappa shape index (κ1) is 35.5. The Morgan fingerprint density at radius 3 is 1.26 bits per heavy atom. The van der Waals surface area contributed by atoms with Gasteiger partial charge in [-0.15, -0.1) is 0 Å². The van der Waals surface area contributed by atoms with Crippen LogP contribution in [-0.2, 0) is 0 Å². The van der Waals surface area contributed by atoms with Crippen LogP contribution in [0.15, 0.2) is 215 Å². The second-order valence-corrected chi connectivity index (χ2v) is 15.3. The molecular weight excluding hydrogens is 761 g/mol. The van der Waals surface area contributed by atoms with E-state index in [2.05, 4.69) is 109 Å². The van der Waals surface area contributed by atoms with E-state index in [0.717, 1.165) is 106 Å². The largest absolute Gasteiger partial charge is 0.453 e. The molecule has 62 heavy (non-hydrogen) atoms. The predicted octanol–water partition coefficient (Wildman–Crippen LogP) is 14.7. The van der Waals surface area contributed by atoms with Crippen LogP contribution < -0.4 is 0 Å². The van der Waals surface area contributed by atoms with Crippen molar-refractivity contribution in [3.8, 4) is 78.4 Å². The molecule has 6 heteroatoms. The van der Waals surface area contributed by atoms with E-state index < -0.39 is 0 Å². The summed E-state index contributed by atoms with van der Waals surface area (Å²) in [4.78, 5) is 20.5. The van der Waals surface area contributed by atoms with Gasteiger partial charge in [0.25, 0.3) is 0 Å². The van der Waals surface area contributed by atoms with Crippen molar-refractivity contribution in [2.24, 2.45) is 0 Å². The fraction of sp³-hybridized carbons (Fsp3) is 0. The van der Waals surface area contributed by atoms with Gasteiger partial charge in [-0.3, -0.25) is 9.97 Å². The molecule has 0 aliphatic carbocycles. The van der Waals surface area contributed by atoms with Gasteiger partial charge in [-0.05, 0) is 58.7 Å². The van der Waals surface area contributed by atoms with Crippen molar-refractivity contribution in [1.29, 1.82) is 0 Å². The van der Waals surface area contributed by atoms with Crippen LogP contribution >= 0.6 is 0 Å². The number of pyridine rings is 2. The zero-order valence-corrected chi connectivity index (χ0v) is 33.2. The molecule has 0 atom stereocenters. The SMILES string of the molecule is c1ccc(-c2cc(-c3ccccc3)nc(-c3cc(-c4ccnc5c4oc4c(-c6ccccc6)cccc45)ccc3-c3ccnc4c3oc3c(-c5ccccc5)cccc34)n2)cc1. The zero-order chi connectivity index (χ0) is 41.0. The van der Waals surface area contributed by atoms with Crippen molar-refractivity contribution in [3.63, 3.8) is 0 Å². The van der Waals surface area contributed by atoms with Crippen LogP contribution in [0.25, 0.3) is 123 Å². The van der Waals surface area contributed by atoms with Gasteiger partial charge in [0.2, 0.25) is 0 Å². The molecule has 0 saturated heterocycles. The van der Waals surface area contributed by atoms with E-state index in [-0.39, 0.29) is 0 Å². The first-order chi connectivity index (χ1) is 30.7. The van der Waals surface area contributed by atoms with Crippen molar-refractivity contribution < 1.29 is 8.83 Å². The molecule has 290 valence electrons. The van der Waals surface area contributed by atoms with Crippen LogP contribution in [0.3, 0.4) is 0 Å². The molecule has 12 rings (SSSR count). The molecule has 0 aliphatic heterocycles. The van der Waals surface area contributed by atoms with Gasteiger partial charge >= 0.3 is 0 Å². The summed E-state index contributed by atoms with van der Waals surface area (Å²) in [5.41, 5.74) is 16.9. The average molecular weight is 795 g/mol. The maximum absolute atomic E-state index is 6.93. The Bertz CT molecular complexity index is 3560. The lowest BCUT2D eigenvalue weighted by Crippen LogP contribution is -1.98. The molecule has 7 aromatic carbocycles. The minimum atomic E-state index is 0.578. The molecule has 12 aromatic rings. The first-order valence-corrected chi connectivity index (χ1v) is 20.6. The van der Waals surface area contributed by atoms with Crippen LogP contribution in [0.4, 0.5) is 0 Å². The van der Waals surface area contributed by atoms with E-state index in [1.165, 1.54) is 0 Å². The summed E-state index contributed by atoms with van der Waals surface area (Å²) >= 11 is 0. The third-order valence-corrected chi connectivity index (χ3v) is 11.7. The second-order valence-electron chi connectivity index (χ2n) is 15.3. The summed E-state index contributed by atoms with van der Waals surface area (Å²) in [5, 5.41) is 1.92. The number of rotatable bonds is 7. The Hall–Kier alpha value is -8.48. The van der Waals surface area contributed by atoms with Gasteiger partial charge in [0.1, 0.15) is 22.2 Å². The third-order valence-electron chi connectivity index (χ3n) is 11.7. The molecule has 0 aliphatic rings. The number of hydrogen-bond donors (Lipinski definition) is 0. The quantitative estimate of drug-likeness (QED) is 0.160. The third kappa shape index (κ3) is 5.96. The summed E-state index contributed by atoms with van der Waals surface area (Å²) in [5.74, 6) is 0.578. The highest BCUT2D eigenvalue weighted by atomic mass is 16.3. The molecule has 0 fully saturated rings. The van der Waals surface area contributed by atoms with Gasteiger partial charge in [0.15, 0.2) is 17.0 Å². The Morgan fingerprint density at radius 2 is 0.742 bits per heavy atom. The predicted molar refractivity (Wildman–Crippen MR) is 250 cm³/mol. The number of hydrogen-bond acceptors (Lipinski definition) is 6. The molecule has 5 heterocycles. The molecule has 0 unspecified atom stereocenters. The van der Waals surface area contributed by atoms with Gasteiger partial charge in [0, 0.05) is 62.1 Å². The highest BCUT2D eigenvalue weighted by Gasteiger charge is 2.23. The number of nitrogens with zero attached hydrogens (tertiary/aromatic N) is 4. The highest BCUT2D eigenvalue weighted by Crippen LogP contribution is 2.44. The first-order valence-electron chi connectivity index (χ1n) is 20.6. The Morgan fingerprint density at radius 1 is 0.290 bits per heavy atom. The second kappa shape index (κ2) is 14.7. The lowest BCUT2D eigenvalue weighted by atomic mass is 9.93. The van der Waals surface area contributed by atoms with Crippen molar-refractivity contribution in [2.75, 3.05) is 0 Å². The topological polar surface area (TPSA) is 77.8 Å². The van der Waals surface area contributed by atoms with Crippen LogP contribution in [0, 0.1) is 0 Å². The molecule has 0 radical (unpaired) electrons. The minimum Gasteiger partial charge on any atom is -0.453 e. The lowest BCUT2D eigenvalue weighted by Gasteiger charge is -2.15. The highest BCUT2D eigenvalue weighted by molar-refractivity contribution is 6.13. The fourth-order valence-electron chi connectivity index (χ4n) is 8.70. The lowest BCUT2D eigenvalue weighted by molar-refractivity contribution is 0.670. The van der Waals surface area contributed by atoms with Gasteiger partial charge in [-0.1, -0.05) is 158 Å². The molecule has 0 saturated carbocycles. The summed E-state index contributed by atoms with van der Waals surface area (Å²) in [6.07, 6.45) is 3.72. The monoisotopic (exact) mass is 794 g/mol. The van der Waals surface area contributed by atoms with Crippen LogP contribution in [-0.4, -0.2) is 19.9 Å². The molecule has 6 nitrogen and oxygen atoms in total. The number of benzene rings is 7. The van der Waals surface area contributed by atoms with Crippen LogP contribution in [0.2, 0.25) is 0 Å². The maximum Gasteiger partial charge on any atom is 0.161 e. The van der Waals surface area contributed by atoms with Crippen molar-refractivity contribution >= 4 is 44.1 Å². The van der Waals surface area contributed by atoms with Gasteiger partial charge < -0.3 is 8.83 Å². The zero-order valence-electron chi connectivity index (χ0n) is 33.2. The van der Waals surface area contributed by atoms with Gasteiger partial charge in [-0.25, -0.2) is 9.97 Å². The summed E-state index contributed by atoms with van der Waals surface area (Å²) in [7, 11) is 0. The maximum atomic E-state index is 6.93. The average Bonchev–Trinajstić information content (AvgIpc) is 3.94. The normalized spacial score (nSPS) is 11.5. The van der Waals surface area contributed by atoms with Crippen molar-refractivity contribution in [1.82, 2.24) is 19.9 Å². The molecule has 0 spiro atoms. The standard InChI is InChI=1S/C56H34N4O2/c1-5-15-35(16-6-1)40-23-13-25-45-50-54(61-52(40)45)42(29-31-57-50)39-27-28-43(44-30-32-58-51-46-26-14-24-41(53(46)62-55(44)51)36-17-7-2-8-18-36)47(33-39)56-59-48(37-19-9-3-10-20-37)34-49(60-56)38-21-11-4-12-22-38/h1-34H. The summed E-state index contributed by atoms with van der Waals surface area (Å²) in [6, 6.07) is 66.3. The molecule has 0 amide bonds. The molecule has 0 bridgehead atoms. The Kier molecular flexibility index (Phi) is 8.38. The van der Waals surface area contributed by atoms with Gasteiger partial charge in [0.05, 0.1) is 11.4 Å². The summed E-state index contributed by atoms with van der Waals surface area (Å²) in [6.45, 7) is 0. The van der Waals surface area contributed by atoms with E-state index in [9.17, 15) is 0 Å². The molecule has 0 N–H and O–H groups in total. The molecule has 5 aromatic heterocycles. The van der Waals surface area contributed by atoms with Crippen molar-refractivity contribution in [2.45, 2.75) is 0 Å². The Labute approximate surface area is 356 Å². The fourth-order valence-corrected chi connectivity index (χ4v) is 8.70. The van der Waals surface area contributed by atoms with Crippen molar-refractivity contribution in [3.05, 3.63) is 207 Å².